The summed E-state index contributed by atoms with van der Waals surface area (Å²) in [5.74, 6) is -0.922. The second-order valence-electron chi connectivity index (χ2n) is 22.7. The molecule has 0 bridgehead atoms. The highest BCUT2D eigenvalue weighted by molar-refractivity contribution is 5.71. The van der Waals surface area contributed by atoms with E-state index < -0.39 is 6.10 Å². The maximum Gasteiger partial charge on any atom is 0.306 e. The molecule has 0 radical (unpaired) electrons. The van der Waals surface area contributed by atoms with Crippen molar-refractivity contribution in [3.8, 4) is 0 Å². The number of carbonyl (C=O) groups is 3. The zero-order valence-corrected chi connectivity index (χ0v) is 53.7. The Morgan fingerprint density at radius 1 is 0.256 bits per heavy atom. The molecule has 0 aliphatic rings. The van der Waals surface area contributed by atoms with E-state index in [2.05, 4.69) is 142 Å². The molecule has 0 saturated heterocycles. The first kappa shape index (κ1) is 77.8. The summed E-state index contributed by atoms with van der Waals surface area (Å²) in [4.78, 5) is 38.4. The van der Waals surface area contributed by atoms with Crippen LogP contribution < -0.4 is 0 Å². The first-order chi connectivity index (χ1) is 40.5. The average Bonchev–Trinajstić information content (AvgIpc) is 3.48. The van der Waals surface area contributed by atoms with Crippen LogP contribution in [0.2, 0.25) is 0 Å². The molecule has 1 unspecified atom stereocenters. The topological polar surface area (TPSA) is 78.9 Å². The van der Waals surface area contributed by atoms with Gasteiger partial charge in [-0.2, -0.15) is 0 Å². The molecule has 0 aromatic rings. The lowest BCUT2D eigenvalue weighted by atomic mass is 10.0. The fourth-order valence-corrected chi connectivity index (χ4v) is 9.55. The SMILES string of the molecule is CC/C=C\C/C=C\C/C=C\C/C=C\C/C=C\C/C=C\C/C=C\C/C=C\C/C=C\CCCCCC(=O)OCC(COC(=O)CCCCCCC/C=C\CCCCCCCCC)OC(=O)CCCCCCCCCCCCCCCCCCC. The number of carbonyl (C=O) groups excluding carboxylic acids is 3. The molecule has 0 fully saturated rings. The zero-order valence-electron chi connectivity index (χ0n) is 53.7. The summed E-state index contributed by atoms with van der Waals surface area (Å²) in [7, 11) is 0. The van der Waals surface area contributed by atoms with Crippen molar-refractivity contribution in [1.82, 2.24) is 0 Å². The number of esters is 3. The van der Waals surface area contributed by atoms with Crippen molar-refractivity contribution in [3.05, 3.63) is 122 Å². The highest BCUT2D eigenvalue weighted by Gasteiger charge is 2.19. The third kappa shape index (κ3) is 66.6. The number of hydrogen-bond donors (Lipinski definition) is 0. The molecule has 0 N–H and O–H groups in total. The molecule has 82 heavy (non-hydrogen) atoms. The quantitative estimate of drug-likeness (QED) is 0.0261. The van der Waals surface area contributed by atoms with Crippen LogP contribution in [0.5, 0.6) is 0 Å². The lowest BCUT2D eigenvalue weighted by molar-refractivity contribution is -0.167. The van der Waals surface area contributed by atoms with Gasteiger partial charge in [-0.25, -0.2) is 0 Å². The molecular weight excluding hydrogens is 1010 g/mol. The van der Waals surface area contributed by atoms with Crippen molar-refractivity contribution >= 4 is 17.9 Å². The molecule has 0 aromatic heterocycles. The van der Waals surface area contributed by atoms with Gasteiger partial charge in [-0.3, -0.25) is 14.4 Å². The minimum absolute atomic E-state index is 0.0919. The van der Waals surface area contributed by atoms with Gasteiger partial charge in [-0.15, -0.1) is 0 Å². The zero-order chi connectivity index (χ0) is 59.2. The van der Waals surface area contributed by atoms with Gasteiger partial charge in [0.05, 0.1) is 0 Å². The lowest BCUT2D eigenvalue weighted by Gasteiger charge is -2.18. The van der Waals surface area contributed by atoms with Crippen LogP contribution in [0.3, 0.4) is 0 Å². The molecular formula is C76H128O6. The Kier molecular flexibility index (Phi) is 65.8. The van der Waals surface area contributed by atoms with Crippen LogP contribution in [0.4, 0.5) is 0 Å². The van der Waals surface area contributed by atoms with E-state index in [4.69, 9.17) is 14.2 Å². The molecule has 6 heteroatoms. The largest absolute Gasteiger partial charge is 0.462 e. The first-order valence-electron chi connectivity index (χ1n) is 34.5. The minimum Gasteiger partial charge on any atom is -0.462 e. The van der Waals surface area contributed by atoms with Crippen LogP contribution in [-0.4, -0.2) is 37.2 Å². The number of unbranched alkanes of at least 4 members (excludes halogenated alkanes) is 31. The molecule has 0 rings (SSSR count). The van der Waals surface area contributed by atoms with Gasteiger partial charge < -0.3 is 14.2 Å². The molecule has 6 nitrogen and oxygen atoms in total. The summed E-state index contributed by atoms with van der Waals surface area (Å²) in [5.41, 5.74) is 0. The molecule has 1 atom stereocenters. The third-order valence-electron chi connectivity index (χ3n) is 14.7. The monoisotopic (exact) mass is 1140 g/mol. The van der Waals surface area contributed by atoms with Gasteiger partial charge in [0.2, 0.25) is 0 Å². The molecule has 0 spiro atoms. The van der Waals surface area contributed by atoms with Gasteiger partial charge in [0, 0.05) is 19.3 Å². The van der Waals surface area contributed by atoms with Crippen molar-refractivity contribution in [2.24, 2.45) is 0 Å². The van der Waals surface area contributed by atoms with Crippen LogP contribution >= 0.6 is 0 Å². The van der Waals surface area contributed by atoms with Crippen molar-refractivity contribution < 1.29 is 28.6 Å². The van der Waals surface area contributed by atoms with Crippen LogP contribution in [0, 0.1) is 0 Å². The molecule has 468 valence electrons. The number of ether oxygens (including phenoxy) is 3. The summed E-state index contributed by atoms with van der Waals surface area (Å²) in [6.07, 6.45) is 96.4. The lowest BCUT2D eigenvalue weighted by Crippen LogP contribution is -2.30. The molecule has 0 aliphatic heterocycles. The average molecular weight is 1140 g/mol. The van der Waals surface area contributed by atoms with E-state index in [1.165, 1.54) is 154 Å². The van der Waals surface area contributed by atoms with E-state index >= 15 is 0 Å². The third-order valence-corrected chi connectivity index (χ3v) is 14.7. The number of allylic oxidation sites excluding steroid dienone is 20. The predicted molar refractivity (Wildman–Crippen MR) is 357 cm³/mol. The van der Waals surface area contributed by atoms with E-state index in [9.17, 15) is 14.4 Å². The van der Waals surface area contributed by atoms with Gasteiger partial charge in [0.25, 0.3) is 0 Å². The van der Waals surface area contributed by atoms with E-state index in [0.29, 0.717) is 19.3 Å². The Hall–Kier alpha value is -4.19. The highest BCUT2D eigenvalue weighted by atomic mass is 16.6. The molecule has 0 heterocycles. The normalized spacial score (nSPS) is 12.9. The first-order valence-corrected chi connectivity index (χ1v) is 34.5. The van der Waals surface area contributed by atoms with Crippen molar-refractivity contribution in [1.29, 1.82) is 0 Å². The molecule has 0 saturated carbocycles. The maximum atomic E-state index is 12.9. The Balaban J connectivity index is 4.40. The minimum atomic E-state index is -0.798. The molecule has 0 aromatic carbocycles. The van der Waals surface area contributed by atoms with Gasteiger partial charge in [-0.1, -0.05) is 309 Å². The van der Waals surface area contributed by atoms with Crippen molar-refractivity contribution in [2.45, 2.75) is 329 Å². The number of rotatable bonds is 62. The van der Waals surface area contributed by atoms with Gasteiger partial charge in [0.15, 0.2) is 6.10 Å². The Labute approximate surface area is 507 Å². The Bertz CT molecular complexity index is 1690. The van der Waals surface area contributed by atoms with Crippen LogP contribution in [0.25, 0.3) is 0 Å². The van der Waals surface area contributed by atoms with E-state index in [0.717, 1.165) is 128 Å². The summed E-state index contributed by atoms with van der Waals surface area (Å²) in [6, 6.07) is 0. The summed E-state index contributed by atoms with van der Waals surface area (Å²) >= 11 is 0. The highest BCUT2D eigenvalue weighted by Crippen LogP contribution is 2.16. The second kappa shape index (κ2) is 69.3. The number of hydrogen-bond acceptors (Lipinski definition) is 6. The van der Waals surface area contributed by atoms with Gasteiger partial charge in [0.1, 0.15) is 13.2 Å². The van der Waals surface area contributed by atoms with Crippen LogP contribution in [0.1, 0.15) is 323 Å². The maximum absolute atomic E-state index is 12.9. The Morgan fingerprint density at radius 3 is 0.768 bits per heavy atom. The smallest absolute Gasteiger partial charge is 0.306 e. The fourth-order valence-electron chi connectivity index (χ4n) is 9.55. The van der Waals surface area contributed by atoms with Crippen molar-refractivity contribution in [3.63, 3.8) is 0 Å². The van der Waals surface area contributed by atoms with E-state index in [1.807, 2.05) is 0 Å². The van der Waals surface area contributed by atoms with Crippen molar-refractivity contribution in [2.75, 3.05) is 13.2 Å². The summed E-state index contributed by atoms with van der Waals surface area (Å²) in [5, 5.41) is 0. The fraction of sp³-hybridized carbons (Fsp3) is 0.697. The predicted octanol–water partition coefficient (Wildman–Crippen LogP) is 23.9. The molecule has 0 aliphatic carbocycles. The second-order valence-corrected chi connectivity index (χ2v) is 22.7. The van der Waals surface area contributed by atoms with Gasteiger partial charge in [-0.05, 0) is 116 Å². The Morgan fingerprint density at radius 2 is 0.476 bits per heavy atom. The standard InChI is InChI=1S/C76H128O6/c1-4-7-10-13-16-19-22-25-28-31-32-33-34-35-36-37-38-39-40-41-42-43-44-46-48-51-54-57-60-63-66-69-75(78)81-72-73(71-80-74(77)68-65-62-59-56-53-50-47-30-27-24-21-18-15-12-9-6-3)82-76(79)70-67-64-61-58-55-52-49-45-29-26-23-20-17-14-11-8-5-2/h7,10,16,19,25,28,30,32-33,35-36,38-39,41-42,44,46-47,51,54,73H,4-6,8-9,11-15,17-18,20-24,26-27,29,31,34,37,40,43,45,48-50,52-53,55-72H2,1-3H3/b10-7-,19-16-,28-25-,33-32-,36-35-,39-38-,42-41-,46-44-,47-30-,54-51-. The van der Waals surface area contributed by atoms with Crippen LogP contribution in [-0.2, 0) is 28.6 Å². The summed E-state index contributed by atoms with van der Waals surface area (Å²) < 4.78 is 16.9. The van der Waals surface area contributed by atoms with Crippen LogP contribution in [0.15, 0.2) is 122 Å². The van der Waals surface area contributed by atoms with E-state index in [1.54, 1.807) is 0 Å². The van der Waals surface area contributed by atoms with E-state index in [-0.39, 0.29) is 31.1 Å². The molecule has 0 amide bonds. The summed E-state index contributed by atoms with van der Waals surface area (Å²) in [6.45, 7) is 6.52. The van der Waals surface area contributed by atoms with Gasteiger partial charge >= 0.3 is 17.9 Å².